The van der Waals surface area contributed by atoms with Gasteiger partial charge in [-0.3, -0.25) is 0 Å². The molecule has 0 bridgehead atoms. The van der Waals surface area contributed by atoms with Gasteiger partial charge < -0.3 is 4.98 Å². The third kappa shape index (κ3) is 2.26. The topological polar surface area (TPSA) is 54.5 Å². The maximum Gasteiger partial charge on any atom is 0.150 e. The largest absolute Gasteiger partial charge is 0.345 e. The summed E-state index contributed by atoms with van der Waals surface area (Å²) in [5, 5.41) is 11.5. The molecule has 3 aromatic heterocycles. The minimum Gasteiger partial charge on any atom is -0.345 e. The minimum absolute atomic E-state index is 0.852. The Bertz CT molecular complexity index is 914. The lowest BCUT2D eigenvalue weighted by atomic mass is 10.2. The number of pyridine rings is 1. The van der Waals surface area contributed by atoms with E-state index in [1.807, 2.05) is 42.6 Å². The number of aromatic nitrogens is 4. The Morgan fingerprint density at radius 1 is 1.05 bits per heavy atom. The first-order chi connectivity index (χ1) is 10.3. The number of benzene rings is 1. The molecule has 0 aliphatic carbocycles. The normalized spacial score (nSPS) is 11.1. The fourth-order valence-electron chi connectivity index (χ4n) is 2.18. The summed E-state index contributed by atoms with van der Waals surface area (Å²) in [6.07, 6.45) is 3.71. The summed E-state index contributed by atoms with van der Waals surface area (Å²) in [5.41, 5.74) is 2.96. The molecule has 102 valence electrons. The van der Waals surface area contributed by atoms with Crippen molar-refractivity contribution in [1.29, 1.82) is 0 Å². The van der Waals surface area contributed by atoms with Gasteiger partial charge in [-0.15, -0.1) is 10.2 Å². The summed E-state index contributed by atoms with van der Waals surface area (Å²) in [7, 11) is 0. The zero-order chi connectivity index (χ0) is 14.2. The number of aromatic amines is 1. The summed E-state index contributed by atoms with van der Waals surface area (Å²) in [6, 6.07) is 12.1. The Morgan fingerprint density at radius 2 is 1.86 bits per heavy atom. The lowest BCUT2D eigenvalue weighted by molar-refractivity contribution is 1.10. The molecule has 0 aliphatic heterocycles. The number of hydrogen-bond donors (Lipinski definition) is 1. The van der Waals surface area contributed by atoms with Crippen molar-refractivity contribution in [3.63, 3.8) is 0 Å². The van der Waals surface area contributed by atoms with Gasteiger partial charge in [-0.1, -0.05) is 41.7 Å². The van der Waals surface area contributed by atoms with Crippen LogP contribution in [-0.4, -0.2) is 20.2 Å². The van der Waals surface area contributed by atoms with E-state index in [2.05, 4.69) is 36.1 Å². The molecule has 1 N–H and O–H groups in total. The van der Waals surface area contributed by atoms with Crippen LogP contribution in [0.2, 0.25) is 0 Å². The predicted molar refractivity (Wildman–Crippen MR) is 88.1 cm³/mol. The van der Waals surface area contributed by atoms with Gasteiger partial charge in [0, 0.05) is 33.4 Å². The molecule has 0 amide bonds. The van der Waals surface area contributed by atoms with Gasteiger partial charge in [-0.2, -0.15) is 0 Å². The van der Waals surface area contributed by atoms with Crippen LogP contribution in [0, 0.1) is 0 Å². The molecule has 0 aliphatic rings. The fraction of sp³-hybridized carbons (Fsp3) is 0. The fourth-order valence-corrected chi connectivity index (χ4v) is 3.39. The first-order valence-electron chi connectivity index (χ1n) is 6.33. The maximum absolute atomic E-state index is 4.35. The predicted octanol–water partition coefficient (Wildman–Crippen LogP) is 4.51. The molecule has 1 aromatic carbocycles. The summed E-state index contributed by atoms with van der Waals surface area (Å²) in [6.45, 7) is 0. The summed E-state index contributed by atoms with van der Waals surface area (Å²) >= 11 is 5.04. The molecule has 4 rings (SSSR count). The standard InChI is InChI=1S/C15H9BrN4S/c16-10-6-11-12(8-18-13(11)17-7-10)15-20-19-14(21-15)9-4-2-1-3-5-9/h1-8H,(H,17,18). The van der Waals surface area contributed by atoms with Crippen LogP contribution >= 0.6 is 27.3 Å². The van der Waals surface area contributed by atoms with Crippen LogP contribution in [0.15, 0.2) is 53.3 Å². The zero-order valence-electron chi connectivity index (χ0n) is 10.7. The van der Waals surface area contributed by atoms with Crippen LogP contribution < -0.4 is 0 Å². The molecule has 0 atom stereocenters. The Balaban J connectivity index is 1.83. The molecule has 0 spiro atoms. The van der Waals surface area contributed by atoms with Crippen LogP contribution in [0.3, 0.4) is 0 Å². The third-order valence-corrected chi connectivity index (χ3v) is 4.61. The highest BCUT2D eigenvalue weighted by atomic mass is 79.9. The highest BCUT2D eigenvalue weighted by molar-refractivity contribution is 9.10. The van der Waals surface area contributed by atoms with E-state index in [1.54, 1.807) is 17.5 Å². The van der Waals surface area contributed by atoms with Gasteiger partial charge in [0.2, 0.25) is 0 Å². The van der Waals surface area contributed by atoms with Crippen molar-refractivity contribution in [3.05, 3.63) is 53.3 Å². The van der Waals surface area contributed by atoms with E-state index in [1.165, 1.54) is 0 Å². The Kier molecular flexibility index (Phi) is 3.05. The number of hydrogen-bond acceptors (Lipinski definition) is 4. The Morgan fingerprint density at radius 3 is 2.71 bits per heavy atom. The highest BCUT2D eigenvalue weighted by Crippen LogP contribution is 2.34. The van der Waals surface area contributed by atoms with E-state index in [-0.39, 0.29) is 0 Å². The number of H-pyrrole nitrogens is 1. The van der Waals surface area contributed by atoms with E-state index >= 15 is 0 Å². The smallest absolute Gasteiger partial charge is 0.150 e. The summed E-state index contributed by atoms with van der Waals surface area (Å²) < 4.78 is 0.948. The summed E-state index contributed by atoms with van der Waals surface area (Å²) in [4.78, 5) is 7.52. The van der Waals surface area contributed by atoms with E-state index in [0.29, 0.717) is 0 Å². The van der Waals surface area contributed by atoms with Crippen molar-refractivity contribution in [3.8, 4) is 21.1 Å². The number of rotatable bonds is 2. The van der Waals surface area contributed by atoms with Gasteiger partial charge in [0.15, 0.2) is 0 Å². The Labute approximate surface area is 133 Å². The number of nitrogens with zero attached hydrogens (tertiary/aromatic N) is 3. The number of nitrogens with one attached hydrogen (secondary N) is 1. The first kappa shape index (κ1) is 12.7. The molecule has 0 saturated carbocycles. The van der Waals surface area contributed by atoms with Crippen LogP contribution in [0.1, 0.15) is 0 Å². The Hall–Kier alpha value is -2.05. The van der Waals surface area contributed by atoms with Crippen molar-refractivity contribution >= 4 is 38.3 Å². The van der Waals surface area contributed by atoms with Crippen molar-refractivity contribution in [2.24, 2.45) is 0 Å². The van der Waals surface area contributed by atoms with E-state index in [0.717, 1.165) is 36.6 Å². The second-order valence-corrected chi connectivity index (χ2v) is 6.42. The average Bonchev–Trinajstić information content (AvgIpc) is 3.14. The highest BCUT2D eigenvalue weighted by Gasteiger charge is 2.13. The minimum atomic E-state index is 0.852. The second-order valence-electron chi connectivity index (χ2n) is 4.53. The first-order valence-corrected chi connectivity index (χ1v) is 7.94. The van der Waals surface area contributed by atoms with Gasteiger partial charge in [0.1, 0.15) is 15.7 Å². The molecule has 3 heterocycles. The van der Waals surface area contributed by atoms with Gasteiger partial charge in [0.05, 0.1) is 0 Å². The molecule has 0 saturated heterocycles. The van der Waals surface area contributed by atoms with Gasteiger partial charge in [-0.05, 0) is 22.0 Å². The van der Waals surface area contributed by atoms with Gasteiger partial charge >= 0.3 is 0 Å². The van der Waals surface area contributed by atoms with Crippen LogP contribution in [-0.2, 0) is 0 Å². The quantitative estimate of drug-likeness (QED) is 0.574. The average molecular weight is 357 g/mol. The van der Waals surface area contributed by atoms with Crippen molar-refractivity contribution in [2.75, 3.05) is 0 Å². The molecule has 21 heavy (non-hydrogen) atoms. The van der Waals surface area contributed by atoms with Crippen LogP contribution in [0.4, 0.5) is 0 Å². The molecule has 4 aromatic rings. The SMILES string of the molecule is Brc1cnc2[nH]cc(-c3nnc(-c4ccccc4)s3)c2c1. The van der Waals surface area contributed by atoms with E-state index < -0.39 is 0 Å². The van der Waals surface area contributed by atoms with E-state index in [9.17, 15) is 0 Å². The monoisotopic (exact) mass is 356 g/mol. The molecule has 0 unspecified atom stereocenters. The second kappa shape index (κ2) is 5.05. The van der Waals surface area contributed by atoms with Crippen molar-refractivity contribution in [1.82, 2.24) is 20.2 Å². The lowest BCUT2D eigenvalue weighted by Crippen LogP contribution is -1.77. The number of fused-ring (bicyclic) bond motifs is 1. The molecule has 4 nitrogen and oxygen atoms in total. The van der Waals surface area contributed by atoms with Gasteiger partial charge in [-0.25, -0.2) is 4.98 Å². The van der Waals surface area contributed by atoms with Crippen molar-refractivity contribution in [2.45, 2.75) is 0 Å². The maximum atomic E-state index is 4.35. The molecule has 0 radical (unpaired) electrons. The number of halogens is 1. The van der Waals surface area contributed by atoms with Crippen molar-refractivity contribution < 1.29 is 0 Å². The molecular formula is C15H9BrN4S. The van der Waals surface area contributed by atoms with Crippen LogP contribution in [0.5, 0.6) is 0 Å². The van der Waals surface area contributed by atoms with Gasteiger partial charge in [0.25, 0.3) is 0 Å². The lowest BCUT2D eigenvalue weighted by Gasteiger charge is -1.94. The molecule has 6 heteroatoms. The molecule has 0 fully saturated rings. The summed E-state index contributed by atoms with van der Waals surface area (Å²) in [5.74, 6) is 0. The zero-order valence-corrected chi connectivity index (χ0v) is 13.1. The van der Waals surface area contributed by atoms with E-state index in [4.69, 9.17) is 0 Å². The molecular weight excluding hydrogens is 348 g/mol. The van der Waals surface area contributed by atoms with Crippen LogP contribution in [0.25, 0.3) is 32.2 Å². The third-order valence-electron chi connectivity index (χ3n) is 3.17.